The third kappa shape index (κ3) is 3.72. The van der Waals surface area contributed by atoms with Gasteiger partial charge in [-0.3, -0.25) is 14.9 Å². The molecule has 0 aliphatic rings. The first-order valence-electron chi connectivity index (χ1n) is 5.59. The highest BCUT2D eigenvalue weighted by Gasteiger charge is 2.19. The lowest BCUT2D eigenvalue weighted by Gasteiger charge is -2.08. The van der Waals surface area contributed by atoms with Gasteiger partial charge in [-0.1, -0.05) is 45.2 Å². The van der Waals surface area contributed by atoms with Crippen molar-refractivity contribution in [2.24, 2.45) is 0 Å². The normalized spacial score (nSPS) is 10.2. The van der Waals surface area contributed by atoms with E-state index < -0.39 is 10.8 Å². The number of carbonyl (C=O) groups is 1. The fraction of sp³-hybridized carbons (Fsp3) is 0. The van der Waals surface area contributed by atoms with Crippen LogP contribution in [0.15, 0.2) is 40.9 Å². The number of nitro groups is 1. The molecular formula is C13H7BrCl2N2O3. The van der Waals surface area contributed by atoms with E-state index in [4.69, 9.17) is 23.2 Å². The predicted octanol–water partition coefficient (Wildman–Crippen LogP) is 4.92. The zero-order chi connectivity index (χ0) is 15.6. The molecule has 8 heteroatoms. The maximum atomic E-state index is 12.2. The summed E-state index contributed by atoms with van der Waals surface area (Å²) in [6.07, 6.45) is 0. The maximum absolute atomic E-state index is 12.2. The van der Waals surface area contributed by atoms with Crippen molar-refractivity contribution in [3.63, 3.8) is 0 Å². The monoisotopic (exact) mass is 388 g/mol. The molecule has 21 heavy (non-hydrogen) atoms. The zero-order valence-electron chi connectivity index (χ0n) is 10.3. The third-order valence-corrected chi connectivity index (χ3v) is 3.85. The molecule has 0 bridgehead atoms. The summed E-state index contributed by atoms with van der Waals surface area (Å²) in [5.41, 5.74) is 0.160. The summed E-state index contributed by atoms with van der Waals surface area (Å²) in [6, 6.07) is 9.08. The van der Waals surface area contributed by atoms with Crippen LogP contribution in [0, 0.1) is 10.1 Å². The van der Waals surface area contributed by atoms with Gasteiger partial charge in [0.25, 0.3) is 11.6 Å². The van der Waals surface area contributed by atoms with E-state index in [1.807, 2.05) is 0 Å². The summed E-state index contributed by atoms with van der Waals surface area (Å²) in [5, 5.41) is 13.3. The van der Waals surface area contributed by atoms with Gasteiger partial charge in [-0.05, 0) is 18.2 Å². The van der Waals surface area contributed by atoms with Crippen molar-refractivity contribution in [1.29, 1.82) is 0 Å². The Hall–Kier alpha value is -1.63. The number of nitro benzene ring substituents is 1. The van der Waals surface area contributed by atoms with Gasteiger partial charge in [-0.15, -0.1) is 0 Å². The average Bonchev–Trinajstić information content (AvgIpc) is 2.41. The summed E-state index contributed by atoms with van der Waals surface area (Å²) >= 11 is 15.0. The van der Waals surface area contributed by atoms with Crippen LogP contribution in [-0.2, 0) is 0 Å². The molecule has 0 heterocycles. The molecule has 1 amide bonds. The molecule has 2 aromatic rings. The van der Waals surface area contributed by atoms with Crippen LogP contribution in [0.5, 0.6) is 0 Å². The molecule has 0 saturated carbocycles. The van der Waals surface area contributed by atoms with Crippen LogP contribution in [0.3, 0.4) is 0 Å². The largest absolute Gasteiger partial charge is 0.322 e. The lowest BCUT2D eigenvalue weighted by molar-refractivity contribution is -0.384. The minimum Gasteiger partial charge on any atom is -0.322 e. The fourth-order valence-electron chi connectivity index (χ4n) is 1.61. The number of rotatable bonds is 3. The van der Waals surface area contributed by atoms with Gasteiger partial charge >= 0.3 is 0 Å². The van der Waals surface area contributed by atoms with Gasteiger partial charge in [0.05, 0.1) is 20.5 Å². The molecular weight excluding hydrogens is 383 g/mol. The van der Waals surface area contributed by atoms with E-state index in [2.05, 4.69) is 21.2 Å². The Balaban J connectivity index is 2.37. The van der Waals surface area contributed by atoms with E-state index in [1.165, 1.54) is 0 Å². The van der Waals surface area contributed by atoms with Gasteiger partial charge in [0, 0.05) is 22.3 Å². The van der Waals surface area contributed by atoms with Gasteiger partial charge in [0.2, 0.25) is 0 Å². The van der Waals surface area contributed by atoms with Crippen LogP contribution in [-0.4, -0.2) is 10.8 Å². The minimum absolute atomic E-state index is 0.0326. The lowest BCUT2D eigenvalue weighted by atomic mass is 10.1. The van der Waals surface area contributed by atoms with Gasteiger partial charge in [-0.2, -0.15) is 0 Å². The number of hydrogen-bond donors (Lipinski definition) is 1. The number of carbonyl (C=O) groups excluding carboxylic acids is 1. The van der Waals surface area contributed by atoms with Crippen molar-refractivity contribution in [3.05, 3.63) is 66.6 Å². The van der Waals surface area contributed by atoms with Crippen LogP contribution in [0.4, 0.5) is 11.4 Å². The van der Waals surface area contributed by atoms with Crippen LogP contribution in [0.2, 0.25) is 10.0 Å². The molecule has 2 aromatic carbocycles. The highest BCUT2D eigenvalue weighted by Crippen LogP contribution is 2.31. The van der Waals surface area contributed by atoms with Gasteiger partial charge in [-0.25, -0.2) is 0 Å². The Morgan fingerprint density at radius 3 is 2.57 bits per heavy atom. The van der Waals surface area contributed by atoms with Crippen LogP contribution >= 0.6 is 39.1 Å². The molecule has 0 aliphatic heterocycles. The van der Waals surface area contributed by atoms with Crippen LogP contribution in [0.1, 0.15) is 10.4 Å². The zero-order valence-corrected chi connectivity index (χ0v) is 13.4. The Morgan fingerprint density at radius 1 is 1.24 bits per heavy atom. The number of amides is 1. The quantitative estimate of drug-likeness (QED) is 0.598. The molecule has 0 spiro atoms. The van der Waals surface area contributed by atoms with E-state index in [0.717, 1.165) is 16.6 Å². The standard InChI is InChI=1S/C13H7BrCl2N2O3/c14-7-2-1-3-8(4-7)17-13(19)10-5-9(18(20)21)6-11(15)12(10)16/h1-6H,(H,17,19). The second-order valence-electron chi connectivity index (χ2n) is 4.01. The molecule has 5 nitrogen and oxygen atoms in total. The Morgan fingerprint density at radius 2 is 1.95 bits per heavy atom. The van der Waals surface area contributed by atoms with Crippen molar-refractivity contribution in [2.45, 2.75) is 0 Å². The van der Waals surface area contributed by atoms with E-state index >= 15 is 0 Å². The summed E-state index contributed by atoms with van der Waals surface area (Å²) in [6.45, 7) is 0. The number of nitrogens with zero attached hydrogens (tertiary/aromatic N) is 1. The first-order chi connectivity index (χ1) is 9.88. The topological polar surface area (TPSA) is 72.2 Å². The molecule has 0 aliphatic carbocycles. The van der Waals surface area contributed by atoms with E-state index in [9.17, 15) is 14.9 Å². The first kappa shape index (κ1) is 15.8. The van der Waals surface area contributed by atoms with Crippen molar-refractivity contribution in [1.82, 2.24) is 0 Å². The Labute approximate surface area is 138 Å². The van der Waals surface area contributed by atoms with Crippen LogP contribution in [0.25, 0.3) is 0 Å². The van der Waals surface area contributed by atoms with Gasteiger partial charge in [0.15, 0.2) is 0 Å². The van der Waals surface area contributed by atoms with Gasteiger partial charge < -0.3 is 5.32 Å². The number of anilines is 1. The molecule has 0 atom stereocenters. The number of benzene rings is 2. The molecule has 0 radical (unpaired) electrons. The molecule has 0 unspecified atom stereocenters. The van der Waals surface area contributed by atoms with Gasteiger partial charge in [0.1, 0.15) is 0 Å². The SMILES string of the molecule is O=C(Nc1cccc(Br)c1)c1cc([N+](=O)[O-])cc(Cl)c1Cl. The number of nitrogens with one attached hydrogen (secondary N) is 1. The Bertz CT molecular complexity index is 737. The van der Waals surface area contributed by atoms with Crippen molar-refractivity contribution < 1.29 is 9.72 Å². The minimum atomic E-state index is -0.641. The smallest absolute Gasteiger partial charge is 0.271 e. The van der Waals surface area contributed by atoms with Crippen molar-refractivity contribution >= 4 is 56.4 Å². The molecule has 108 valence electrons. The summed E-state index contributed by atoms with van der Waals surface area (Å²) in [4.78, 5) is 22.3. The second kappa shape index (κ2) is 6.43. The first-order valence-corrected chi connectivity index (χ1v) is 7.13. The summed E-state index contributed by atoms with van der Waals surface area (Å²) < 4.78 is 0.781. The molecule has 0 aromatic heterocycles. The van der Waals surface area contributed by atoms with E-state index in [0.29, 0.717) is 5.69 Å². The maximum Gasteiger partial charge on any atom is 0.271 e. The number of halogens is 3. The molecule has 1 N–H and O–H groups in total. The van der Waals surface area contributed by atoms with Crippen molar-refractivity contribution in [2.75, 3.05) is 5.32 Å². The van der Waals surface area contributed by atoms with E-state index in [-0.39, 0.29) is 21.3 Å². The molecule has 0 saturated heterocycles. The van der Waals surface area contributed by atoms with Crippen molar-refractivity contribution in [3.8, 4) is 0 Å². The predicted molar refractivity (Wildman–Crippen MR) is 85.2 cm³/mol. The lowest BCUT2D eigenvalue weighted by Crippen LogP contribution is -2.13. The highest BCUT2D eigenvalue weighted by atomic mass is 79.9. The highest BCUT2D eigenvalue weighted by molar-refractivity contribution is 9.10. The Kier molecular flexibility index (Phi) is 4.82. The third-order valence-electron chi connectivity index (χ3n) is 2.55. The summed E-state index contributed by atoms with van der Waals surface area (Å²) in [5.74, 6) is -0.580. The molecule has 2 rings (SSSR count). The van der Waals surface area contributed by atoms with Crippen LogP contribution < -0.4 is 5.32 Å². The average molecular weight is 390 g/mol. The fourth-order valence-corrected chi connectivity index (χ4v) is 2.42. The number of non-ortho nitro benzene ring substituents is 1. The summed E-state index contributed by atoms with van der Waals surface area (Å²) in [7, 11) is 0. The number of hydrogen-bond acceptors (Lipinski definition) is 3. The van der Waals surface area contributed by atoms with E-state index in [1.54, 1.807) is 24.3 Å². The second-order valence-corrected chi connectivity index (χ2v) is 5.71. The molecule has 0 fully saturated rings.